The number of carbonyl (C=O) groups is 4. The van der Waals surface area contributed by atoms with Gasteiger partial charge in [-0.15, -0.1) is 6.58 Å². The molecule has 20 atom stereocenters. The Morgan fingerprint density at radius 3 is 1.31 bits per heavy atom. The van der Waals surface area contributed by atoms with Gasteiger partial charge in [0.1, 0.15) is 97.5 Å². The standard InChI is InChI=1S/C31H48N2O35S4/c1-4-5-57-28-12(32-8(2)34)21(19(67-71(51,52)53)10(60-28)6-58-69(45,46)47)62-31-18(40)16(38)23(25(66-31)27(43)44)64-29-13(33-9(3)35)22(63-30-17(39)14(36)15(37)24(65-30)26(41)42)20(68-72(54,55)56)11(61-29)7-59-70(48,49)50/h4,10-25,28-31,36-40H,1,5-7H2,2-3H3,(H,32,34)(H,33,35)(H,41,42)(H,43,44)(H,45,46,47)(H,48,49,50)(H,51,52,53)(H,54,55,56)/p-6/t10?,11?,12?,13?,14-,15-,16+,17?,18?,19-,20?,21+,22+,23-,24?,25?,28+,29-,30+,31+/m0/s1. The molecule has 0 aromatic rings. The van der Waals surface area contributed by atoms with E-state index in [1.807, 2.05) is 5.32 Å². The highest BCUT2D eigenvalue weighted by Crippen LogP contribution is 2.37. The first-order valence-corrected chi connectivity index (χ1v) is 25.0. The van der Waals surface area contributed by atoms with Gasteiger partial charge in [-0.25, -0.2) is 33.7 Å². The minimum absolute atomic E-state index is 0.521. The van der Waals surface area contributed by atoms with Gasteiger partial charge in [0.05, 0.1) is 31.8 Å². The Balaban J connectivity index is 1.83. The van der Waals surface area contributed by atoms with Gasteiger partial charge in [0.25, 0.3) is 0 Å². The van der Waals surface area contributed by atoms with Crippen LogP contribution in [-0.4, -0.2) is 244 Å². The van der Waals surface area contributed by atoms with Crippen molar-refractivity contribution in [1.82, 2.24) is 10.6 Å². The number of rotatable bonds is 23. The van der Waals surface area contributed by atoms with Crippen molar-refractivity contribution >= 4 is 65.3 Å². The molecule has 4 fully saturated rings. The zero-order chi connectivity index (χ0) is 54.6. The fourth-order valence-corrected chi connectivity index (χ4v) is 8.92. The Morgan fingerprint density at radius 2 is 0.917 bits per heavy atom. The smallest absolute Gasteiger partial charge is 0.218 e. The first-order valence-electron chi connectivity index (χ1n) is 19.7. The lowest BCUT2D eigenvalue weighted by Crippen LogP contribution is -2.72. The molecule has 416 valence electrons. The van der Waals surface area contributed by atoms with Crippen molar-refractivity contribution in [2.45, 2.75) is 137 Å². The third-order valence-corrected chi connectivity index (χ3v) is 11.8. The molecule has 4 aliphatic rings. The molecule has 4 heterocycles. The van der Waals surface area contributed by atoms with Gasteiger partial charge >= 0.3 is 0 Å². The number of amides is 2. The molecule has 7 N–H and O–H groups in total. The van der Waals surface area contributed by atoms with E-state index in [1.54, 1.807) is 0 Å². The van der Waals surface area contributed by atoms with Gasteiger partial charge < -0.3 is 112 Å². The second kappa shape index (κ2) is 24.5. The molecular weight excluding hydrogens is 1090 g/mol. The molecule has 41 heteroatoms. The van der Waals surface area contributed by atoms with E-state index in [0.717, 1.165) is 13.0 Å². The Morgan fingerprint density at radius 1 is 0.528 bits per heavy atom. The van der Waals surface area contributed by atoms with Gasteiger partial charge in [-0.05, 0) is 0 Å². The number of aliphatic carboxylic acids is 2. The molecule has 37 nitrogen and oxygen atoms in total. The van der Waals surface area contributed by atoms with Gasteiger partial charge in [0.2, 0.25) is 53.4 Å². The van der Waals surface area contributed by atoms with Crippen LogP contribution in [0.3, 0.4) is 0 Å². The average molecular weight is 1130 g/mol. The number of ether oxygens (including phenoxy) is 8. The summed E-state index contributed by atoms with van der Waals surface area (Å²) >= 11 is 0. The summed E-state index contributed by atoms with van der Waals surface area (Å²) in [7, 11) is -23.7. The molecule has 9 unspecified atom stereocenters. The van der Waals surface area contributed by atoms with Crippen LogP contribution in [0, 0.1) is 0 Å². The molecule has 0 saturated carbocycles. The van der Waals surface area contributed by atoms with Crippen LogP contribution in [0.25, 0.3) is 0 Å². The van der Waals surface area contributed by atoms with E-state index < -0.39 is 208 Å². The molecule has 4 aliphatic heterocycles. The van der Waals surface area contributed by atoms with E-state index in [1.165, 1.54) is 0 Å². The number of carboxylic acid groups (broad SMARTS) is 2. The quantitative estimate of drug-likeness (QED) is 0.0284. The summed E-state index contributed by atoms with van der Waals surface area (Å²) in [5.41, 5.74) is 0. The molecule has 0 aliphatic carbocycles. The van der Waals surface area contributed by atoms with Crippen LogP contribution in [0.15, 0.2) is 12.7 Å². The summed E-state index contributed by atoms with van der Waals surface area (Å²) in [4.78, 5) is 49.6. The van der Waals surface area contributed by atoms with Crippen LogP contribution < -0.4 is 20.8 Å². The average Bonchev–Trinajstić information content (AvgIpc) is 3.22. The largest absolute Gasteiger partial charge is 0.726 e. The molecule has 2 amide bonds. The Hall–Kier alpha value is -3.42. The zero-order valence-corrected chi connectivity index (χ0v) is 39.3. The number of nitrogens with one attached hydrogen (secondary N) is 2. The van der Waals surface area contributed by atoms with Crippen LogP contribution in [-0.2, 0) is 115 Å². The van der Waals surface area contributed by atoms with Gasteiger partial charge in [-0.1, -0.05) is 6.08 Å². The number of carbonyl (C=O) groups excluding carboxylic acids is 4. The Kier molecular flexibility index (Phi) is 20.8. The van der Waals surface area contributed by atoms with Crippen molar-refractivity contribution in [3.8, 4) is 0 Å². The monoisotopic (exact) mass is 1130 g/mol. The molecule has 0 aromatic carbocycles. The van der Waals surface area contributed by atoms with Crippen LogP contribution in [0.5, 0.6) is 0 Å². The third-order valence-electron chi connectivity index (χ3n) is 10.1. The van der Waals surface area contributed by atoms with Crippen LogP contribution in [0.1, 0.15) is 13.8 Å². The predicted octanol–water partition coefficient (Wildman–Crippen LogP) is -12.8. The molecule has 0 bridgehead atoms. The maximum atomic E-state index is 12.8. The second-order valence-corrected chi connectivity index (χ2v) is 19.3. The minimum Gasteiger partial charge on any atom is -0.726 e. The summed E-state index contributed by atoms with van der Waals surface area (Å²) in [6.45, 7) is 1.09. The minimum atomic E-state index is -6.13. The Labute approximate surface area is 405 Å². The van der Waals surface area contributed by atoms with Crippen molar-refractivity contribution < 1.29 is 161 Å². The van der Waals surface area contributed by atoms with Gasteiger partial charge in [0.15, 0.2) is 25.2 Å². The molecule has 72 heavy (non-hydrogen) atoms. The van der Waals surface area contributed by atoms with Crippen LogP contribution in [0.2, 0.25) is 0 Å². The van der Waals surface area contributed by atoms with Crippen molar-refractivity contribution in [1.29, 1.82) is 0 Å². The molecule has 0 spiro atoms. The first-order chi connectivity index (χ1) is 33.0. The maximum absolute atomic E-state index is 12.8. The van der Waals surface area contributed by atoms with Crippen LogP contribution >= 0.6 is 0 Å². The van der Waals surface area contributed by atoms with Gasteiger partial charge in [-0.3, -0.25) is 26.3 Å². The van der Waals surface area contributed by atoms with E-state index >= 15 is 0 Å². The molecule has 0 radical (unpaired) electrons. The molecule has 0 aromatic heterocycles. The van der Waals surface area contributed by atoms with Crippen molar-refractivity contribution in [3.05, 3.63) is 12.7 Å². The lowest BCUT2D eigenvalue weighted by atomic mass is 9.94. The number of hydrogen-bond acceptors (Lipinski definition) is 35. The second-order valence-electron chi connectivity index (χ2n) is 15.2. The highest BCUT2D eigenvalue weighted by Gasteiger charge is 2.58. The summed E-state index contributed by atoms with van der Waals surface area (Å²) < 4.78 is 201. The highest BCUT2D eigenvalue weighted by atomic mass is 32.3. The van der Waals surface area contributed by atoms with E-state index in [-0.39, 0.29) is 0 Å². The summed E-state index contributed by atoms with van der Waals surface area (Å²) in [5, 5.41) is 82.8. The van der Waals surface area contributed by atoms with E-state index in [9.17, 15) is 107 Å². The Bertz CT molecular complexity index is 2390. The zero-order valence-electron chi connectivity index (χ0n) is 36.1. The first kappa shape index (κ1) is 61.1. The van der Waals surface area contributed by atoms with Crippen LogP contribution in [0.4, 0.5) is 0 Å². The van der Waals surface area contributed by atoms with E-state index in [0.29, 0.717) is 6.92 Å². The van der Waals surface area contributed by atoms with Crippen molar-refractivity contribution in [2.24, 2.45) is 0 Å². The number of carboxylic acids is 2. The normalized spacial score (nSPS) is 38.0. The van der Waals surface area contributed by atoms with E-state index in [2.05, 4.69) is 28.6 Å². The molecular formula is C31H42N2O35S4-6. The number of hydrogen-bond donors (Lipinski definition) is 7. The van der Waals surface area contributed by atoms with Crippen molar-refractivity contribution in [3.63, 3.8) is 0 Å². The van der Waals surface area contributed by atoms with Crippen molar-refractivity contribution in [2.75, 3.05) is 19.8 Å². The SMILES string of the molecule is C=CCO[C@@H]1OC(COS(=O)(=O)[O-])[C@H](OS(=O)(=O)[O-])[C@H](O[C@@H]2OC(C(=O)[O-])[C@@H](O[C@@H]3OC(COS(=O)(=O)[O-])C(OS(=O)(=O)[O-])[C@H](O[C@@H]4OC(C(=O)[O-])[C@@H](O)[C@H](O)C4O)C3NC(C)=O)[C@H](O)C2O)C1NC(C)=O. The lowest BCUT2D eigenvalue weighted by molar-refractivity contribution is -0.385. The summed E-state index contributed by atoms with van der Waals surface area (Å²) in [6.07, 6.45) is -45.9. The predicted molar refractivity (Wildman–Crippen MR) is 201 cm³/mol. The van der Waals surface area contributed by atoms with Gasteiger partial charge in [0, 0.05) is 13.8 Å². The lowest BCUT2D eigenvalue weighted by Gasteiger charge is -2.51. The number of aliphatic hydroxyl groups is 5. The summed E-state index contributed by atoms with van der Waals surface area (Å²) in [5.74, 6) is -7.08. The maximum Gasteiger partial charge on any atom is 0.218 e. The number of aliphatic hydroxyl groups excluding tert-OH is 5. The highest BCUT2D eigenvalue weighted by molar-refractivity contribution is 7.81. The molecule has 4 rings (SSSR count). The molecule has 4 saturated heterocycles. The topological polar surface area (TPSA) is 579 Å². The fourth-order valence-electron chi connectivity index (χ4n) is 7.31. The fraction of sp³-hybridized carbons (Fsp3) is 0.806. The third kappa shape index (κ3) is 16.8. The van der Waals surface area contributed by atoms with Gasteiger partial charge in [-0.2, -0.15) is 0 Å². The summed E-state index contributed by atoms with van der Waals surface area (Å²) in [6, 6.07) is -4.46. The van der Waals surface area contributed by atoms with E-state index in [4.69, 9.17) is 37.9 Å².